The van der Waals surface area contributed by atoms with Gasteiger partial charge in [-0.15, -0.1) is 0 Å². The zero-order valence-corrected chi connectivity index (χ0v) is 13.0. The number of carbonyl (C=O) groups is 1. The summed E-state index contributed by atoms with van der Waals surface area (Å²) >= 11 is 0. The summed E-state index contributed by atoms with van der Waals surface area (Å²) < 4.78 is 0. The van der Waals surface area contributed by atoms with Crippen molar-refractivity contribution in [3.05, 3.63) is 23.8 Å². The van der Waals surface area contributed by atoms with Crippen LogP contribution in [0.1, 0.15) is 51.9 Å². The van der Waals surface area contributed by atoms with Crippen molar-refractivity contribution in [2.24, 2.45) is 28.6 Å². The van der Waals surface area contributed by atoms with Crippen molar-refractivity contribution in [1.29, 1.82) is 0 Å². The minimum absolute atomic E-state index is 0.128. The van der Waals surface area contributed by atoms with E-state index in [2.05, 4.69) is 19.1 Å². The van der Waals surface area contributed by atoms with E-state index in [1.54, 1.807) is 0 Å². The molecule has 0 spiro atoms. The van der Waals surface area contributed by atoms with Crippen LogP contribution in [0.5, 0.6) is 0 Å². The first kappa shape index (κ1) is 13.8. The molecular weight excluding hydrogens is 260 g/mol. The molecule has 0 unspecified atom stereocenters. The van der Waals surface area contributed by atoms with Gasteiger partial charge in [-0.2, -0.15) is 0 Å². The van der Waals surface area contributed by atoms with Crippen LogP contribution in [0.25, 0.3) is 0 Å². The zero-order valence-electron chi connectivity index (χ0n) is 13.0. The molecule has 0 aromatic rings. The van der Waals surface area contributed by atoms with Crippen molar-refractivity contribution in [3.8, 4) is 0 Å². The Balaban J connectivity index is 1.78. The van der Waals surface area contributed by atoms with Crippen molar-refractivity contribution >= 4 is 5.78 Å². The van der Waals surface area contributed by atoms with Crippen LogP contribution in [0.15, 0.2) is 23.8 Å². The fraction of sp³-hybridized carbons (Fsp3) is 0.737. The number of rotatable bonds is 1. The van der Waals surface area contributed by atoms with Gasteiger partial charge in [-0.3, -0.25) is 4.79 Å². The molecule has 4 aliphatic carbocycles. The molecule has 4 rings (SSSR count). The van der Waals surface area contributed by atoms with E-state index < -0.39 is 0 Å². The Morgan fingerprint density at radius 2 is 2.10 bits per heavy atom. The Bertz CT molecular complexity index is 532. The third kappa shape index (κ3) is 1.78. The molecule has 4 aliphatic rings. The Morgan fingerprint density at radius 3 is 2.90 bits per heavy atom. The summed E-state index contributed by atoms with van der Waals surface area (Å²) in [5, 5.41) is 10.2. The maximum absolute atomic E-state index is 11.8. The maximum atomic E-state index is 11.8. The second-order valence-corrected chi connectivity index (χ2v) is 8.11. The van der Waals surface area contributed by atoms with Crippen molar-refractivity contribution < 1.29 is 9.90 Å². The molecule has 0 aromatic heterocycles. The summed E-state index contributed by atoms with van der Waals surface area (Å²) in [5.41, 5.74) is 1.51. The van der Waals surface area contributed by atoms with E-state index in [1.807, 2.05) is 6.08 Å². The minimum atomic E-state index is -0.128. The highest BCUT2D eigenvalue weighted by Crippen LogP contribution is 2.63. The molecule has 0 bridgehead atoms. The molecule has 0 saturated heterocycles. The second kappa shape index (κ2) is 4.55. The predicted octanol–water partition coefficient (Wildman–Crippen LogP) is 3.66. The molecule has 2 fully saturated rings. The first-order valence-electron chi connectivity index (χ1n) is 8.63. The van der Waals surface area contributed by atoms with E-state index >= 15 is 0 Å². The molecule has 0 aliphatic heterocycles. The topological polar surface area (TPSA) is 37.3 Å². The number of ketones is 1. The molecule has 0 heterocycles. The molecule has 1 N–H and O–H groups in total. The fourth-order valence-corrected chi connectivity index (χ4v) is 6.09. The molecular formula is C19H26O2. The van der Waals surface area contributed by atoms with E-state index in [9.17, 15) is 9.90 Å². The Morgan fingerprint density at radius 1 is 1.24 bits per heavy atom. The van der Waals surface area contributed by atoms with E-state index in [4.69, 9.17) is 0 Å². The minimum Gasteiger partial charge on any atom is -0.395 e. The Labute approximate surface area is 127 Å². The van der Waals surface area contributed by atoms with Crippen LogP contribution in [0.2, 0.25) is 0 Å². The van der Waals surface area contributed by atoms with Gasteiger partial charge in [0.1, 0.15) is 0 Å². The number of hydrogen-bond donors (Lipinski definition) is 1. The first-order chi connectivity index (χ1) is 10.1. The van der Waals surface area contributed by atoms with Crippen LogP contribution in [-0.4, -0.2) is 17.5 Å². The SMILES string of the molecule is C[C@@]12CCC[C@H]1[C@@H]1C=CC3=CC(=O)CC[C@]3(CO)[C@H]1CC2. The van der Waals surface area contributed by atoms with Gasteiger partial charge >= 0.3 is 0 Å². The van der Waals surface area contributed by atoms with Gasteiger partial charge in [-0.25, -0.2) is 0 Å². The lowest BCUT2D eigenvalue weighted by Crippen LogP contribution is -2.50. The Hall–Kier alpha value is -0.890. The molecule has 2 nitrogen and oxygen atoms in total. The average molecular weight is 286 g/mol. The van der Waals surface area contributed by atoms with Crippen molar-refractivity contribution in [1.82, 2.24) is 0 Å². The molecule has 2 heteroatoms. The van der Waals surface area contributed by atoms with Gasteiger partial charge in [-0.05, 0) is 66.9 Å². The predicted molar refractivity (Wildman–Crippen MR) is 82.6 cm³/mol. The largest absolute Gasteiger partial charge is 0.395 e. The van der Waals surface area contributed by atoms with Crippen LogP contribution < -0.4 is 0 Å². The summed E-state index contributed by atoms with van der Waals surface area (Å²) in [4.78, 5) is 11.8. The number of hydrogen-bond acceptors (Lipinski definition) is 2. The highest BCUT2D eigenvalue weighted by molar-refractivity contribution is 5.92. The number of carbonyl (C=O) groups excluding carboxylic acids is 1. The van der Waals surface area contributed by atoms with Gasteiger partial charge in [-0.1, -0.05) is 25.5 Å². The third-order valence-corrected chi connectivity index (χ3v) is 7.31. The molecule has 2 saturated carbocycles. The van der Waals surface area contributed by atoms with Gasteiger partial charge in [0, 0.05) is 11.8 Å². The van der Waals surface area contributed by atoms with Crippen molar-refractivity contribution in [2.45, 2.75) is 51.9 Å². The lowest BCUT2D eigenvalue weighted by Gasteiger charge is -2.55. The highest BCUT2D eigenvalue weighted by Gasteiger charge is 2.56. The summed E-state index contributed by atoms with van der Waals surface area (Å²) in [6.07, 6.45) is 14.5. The summed E-state index contributed by atoms with van der Waals surface area (Å²) in [5.74, 6) is 2.18. The van der Waals surface area contributed by atoms with Crippen LogP contribution in [0.4, 0.5) is 0 Å². The van der Waals surface area contributed by atoms with Gasteiger partial charge < -0.3 is 5.11 Å². The van der Waals surface area contributed by atoms with E-state index in [0.717, 1.165) is 17.9 Å². The quantitative estimate of drug-likeness (QED) is 0.799. The van der Waals surface area contributed by atoms with Crippen LogP contribution in [0.3, 0.4) is 0 Å². The number of fused-ring (bicyclic) bond motifs is 5. The van der Waals surface area contributed by atoms with Crippen LogP contribution in [0, 0.1) is 28.6 Å². The van der Waals surface area contributed by atoms with Gasteiger partial charge in [0.05, 0.1) is 6.61 Å². The lowest BCUT2D eigenvalue weighted by molar-refractivity contribution is -0.117. The zero-order chi connectivity index (χ0) is 14.7. The third-order valence-electron chi connectivity index (χ3n) is 7.31. The van der Waals surface area contributed by atoms with Crippen LogP contribution >= 0.6 is 0 Å². The van der Waals surface area contributed by atoms with Crippen LogP contribution in [-0.2, 0) is 4.79 Å². The van der Waals surface area contributed by atoms with E-state index in [0.29, 0.717) is 23.7 Å². The second-order valence-electron chi connectivity index (χ2n) is 8.11. The molecule has 0 aromatic carbocycles. The van der Waals surface area contributed by atoms with Gasteiger partial charge in [0.25, 0.3) is 0 Å². The van der Waals surface area contributed by atoms with E-state index in [1.165, 1.54) is 32.1 Å². The monoisotopic (exact) mass is 286 g/mol. The number of aliphatic hydroxyl groups is 1. The van der Waals surface area contributed by atoms with Crippen molar-refractivity contribution in [3.63, 3.8) is 0 Å². The summed E-state index contributed by atoms with van der Waals surface area (Å²) in [6, 6.07) is 0. The number of allylic oxidation sites excluding steroid dienone is 3. The standard InChI is InChI=1S/C19H26O2/c1-18-8-2-3-16(18)15-5-4-13-11-14(21)6-10-19(13,12-20)17(15)7-9-18/h4-5,11,15-17,20H,2-3,6-10,12H2,1H3/t15-,16-,17-,18-,19+/m0/s1. The normalized spacial score (nSPS) is 48.4. The number of aliphatic hydroxyl groups excluding tert-OH is 1. The highest BCUT2D eigenvalue weighted by atomic mass is 16.3. The average Bonchev–Trinajstić information content (AvgIpc) is 2.88. The Kier molecular flexibility index (Phi) is 2.98. The van der Waals surface area contributed by atoms with Crippen molar-refractivity contribution in [2.75, 3.05) is 6.61 Å². The maximum Gasteiger partial charge on any atom is 0.156 e. The molecule has 0 radical (unpaired) electrons. The van der Waals surface area contributed by atoms with Gasteiger partial charge in [0.2, 0.25) is 0 Å². The summed E-state index contributed by atoms with van der Waals surface area (Å²) in [6.45, 7) is 2.69. The first-order valence-corrected chi connectivity index (χ1v) is 8.63. The lowest BCUT2D eigenvalue weighted by atomic mass is 9.49. The summed E-state index contributed by atoms with van der Waals surface area (Å²) in [7, 11) is 0. The molecule has 21 heavy (non-hydrogen) atoms. The molecule has 5 atom stereocenters. The van der Waals surface area contributed by atoms with E-state index in [-0.39, 0.29) is 17.8 Å². The molecule has 114 valence electrons. The fourth-order valence-electron chi connectivity index (χ4n) is 6.09. The molecule has 0 amide bonds. The van der Waals surface area contributed by atoms with Gasteiger partial charge in [0.15, 0.2) is 5.78 Å². The smallest absolute Gasteiger partial charge is 0.156 e.